The zero-order valence-electron chi connectivity index (χ0n) is 16.4. The highest BCUT2D eigenvalue weighted by atomic mass is 35.5. The molecule has 0 aliphatic rings. The normalized spacial score (nSPS) is 11.3. The molecule has 0 bridgehead atoms. The molecule has 0 radical (unpaired) electrons. The maximum absolute atomic E-state index is 13.1. The molecule has 31 heavy (non-hydrogen) atoms. The number of halogens is 4. The predicted octanol–water partition coefficient (Wildman–Crippen LogP) is 4.65. The molecule has 3 rings (SSSR count). The molecule has 0 spiro atoms. The van der Waals surface area contributed by atoms with Crippen molar-refractivity contribution >= 4 is 29.1 Å². The van der Waals surface area contributed by atoms with Gasteiger partial charge in [0.15, 0.2) is 0 Å². The topological polar surface area (TPSA) is 67.2 Å². The number of aromatic nitrogens is 2. The number of rotatable bonds is 6. The highest BCUT2D eigenvalue weighted by molar-refractivity contribution is 6.30. The molecule has 3 aromatic rings. The zero-order chi connectivity index (χ0) is 22.6. The maximum Gasteiger partial charge on any atom is 0.418 e. The van der Waals surface area contributed by atoms with Gasteiger partial charge in [0.1, 0.15) is 6.54 Å². The number of alkyl halides is 3. The number of hydrogen-bond donors (Lipinski definition) is 1. The minimum Gasteiger partial charge on any atom is -0.330 e. The quantitative estimate of drug-likeness (QED) is 0.594. The first-order valence-corrected chi connectivity index (χ1v) is 9.62. The summed E-state index contributed by atoms with van der Waals surface area (Å²) < 4.78 is 40.8. The molecular weight excluding hydrogens is 433 g/mol. The lowest BCUT2D eigenvalue weighted by molar-refractivity contribution is -0.137. The fourth-order valence-corrected chi connectivity index (χ4v) is 3.09. The molecule has 0 saturated heterocycles. The van der Waals surface area contributed by atoms with Crippen LogP contribution in [0.3, 0.4) is 0 Å². The van der Waals surface area contributed by atoms with Gasteiger partial charge in [-0.25, -0.2) is 4.68 Å². The maximum atomic E-state index is 13.1. The summed E-state index contributed by atoms with van der Waals surface area (Å²) in [4.78, 5) is 26.4. The van der Waals surface area contributed by atoms with Gasteiger partial charge in [0, 0.05) is 17.8 Å². The van der Waals surface area contributed by atoms with E-state index in [-0.39, 0.29) is 17.8 Å². The van der Waals surface area contributed by atoms with Crippen LogP contribution in [0.15, 0.2) is 60.9 Å². The van der Waals surface area contributed by atoms with Crippen LogP contribution in [0.25, 0.3) is 5.69 Å². The number of likely N-dealkylation sites (N-methyl/N-ethyl adjacent to an activating group) is 1. The Morgan fingerprint density at radius 1 is 1.16 bits per heavy atom. The van der Waals surface area contributed by atoms with Crippen molar-refractivity contribution in [1.29, 1.82) is 0 Å². The molecule has 6 nitrogen and oxygen atoms in total. The van der Waals surface area contributed by atoms with E-state index in [1.165, 1.54) is 34.1 Å². The lowest BCUT2D eigenvalue weighted by Crippen LogP contribution is -2.38. The number of carbonyl (C=O) groups excluding carboxylic acids is 2. The van der Waals surface area contributed by atoms with Gasteiger partial charge < -0.3 is 10.2 Å². The third kappa shape index (κ3) is 5.43. The number of nitrogens with one attached hydrogen (secondary N) is 1. The molecule has 0 aliphatic carbocycles. The largest absolute Gasteiger partial charge is 0.418 e. The monoisotopic (exact) mass is 450 g/mol. The van der Waals surface area contributed by atoms with E-state index in [2.05, 4.69) is 10.4 Å². The Labute approximate surface area is 181 Å². The van der Waals surface area contributed by atoms with E-state index in [1.807, 2.05) is 0 Å². The Bertz CT molecular complexity index is 1100. The molecule has 2 aromatic carbocycles. The van der Waals surface area contributed by atoms with E-state index >= 15 is 0 Å². The fourth-order valence-electron chi connectivity index (χ4n) is 2.91. The Morgan fingerprint density at radius 2 is 1.90 bits per heavy atom. The molecule has 1 aromatic heterocycles. The Balaban J connectivity index is 1.72. The average Bonchev–Trinajstić information content (AvgIpc) is 3.21. The highest BCUT2D eigenvalue weighted by Crippen LogP contribution is 2.34. The number of para-hydroxylation sites is 1. The van der Waals surface area contributed by atoms with Gasteiger partial charge in [0.05, 0.1) is 28.7 Å². The van der Waals surface area contributed by atoms with Crippen molar-refractivity contribution < 1.29 is 22.8 Å². The van der Waals surface area contributed by atoms with Crippen molar-refractivity contribution in [2.45, 2.75) is 13.1 Å². The second-order valence-corrected chi connectivity index (χ2v) is 7.00. The second-order valence-electron chi connectivity index (χ2n) is 6.56. The molecule has 0 fully saturated rings. The highest BCUT2D eigenvalue weighted by Gasteiger charge is 2.33. The Hall–Kier alpha value is -3.33. The summed E-state index contributed by atoms with van der Waals surface area (Å²) in [6.45, 7) is 1.43. The summed E-state index contributed by atoms with van der Waals surface area (Å²) >= 11 is 5.97. The Morgan fingerprint density at radius 3 is 2.58 bits per heavy atom. The van der Waals surface area contributed by atoms with Crippen molar-refractivity contribution in [1.82, 2.24) is 14.7 Å². The zero-order valence-corrected chi connectivity index (χ0v) is 17.1. The number of benzene rings is 2. The Kier molecular flexibility index (Phi) is 6.65. The second kappa shape index (κ2) is 9.22. The van der Waals surface area contributed by atoms with Crippen LogP contribution in [0.2, 0.25) is 5.02 Å². The lowest BCUT2D eigenvalue weighted by atomic mass is 10.1. The molecule has 2 amide bonds. The van der Waals surface area contributed by atoms with Crippen molar-refractivity contribution in [2.24, 2.45) is 0 Å². The van der Waals surface area contributed by atoms with Gasteiger partial charge in [-0.05, 0) is 37.3 Å². The smallest absolute Gasteiger partial charge is 0.330 e. The summed E-state index contributed by atoms with van der Waals surface area (Å²) in [5, 5.41) is 6.88. The van der Waals surface area contributed by atoms with E-state index in [4.69, 9.17) is 11.6 Å². The molecule has 1 N–H and O–H groups in total. The summed E-state index contributed by atoms with van der Waals surface area (Å²) in [7, 11) is 0. The van der Waals surface area contributed by atoms with Gasteiger partial charge in [-0.15, -0.1) is 0 Å². The lowest BCUT2D eigenvalue weighted by Gasteiger charge is -2.20. The average molecular weight is 451 g/mol. The van der Waals surface area contributed by atoms with Crippen molar-refractivity contribution in [3.8, 4) is 5.69 Å². The van der Waals surface area contributed by atoms with E-state index in [0.29, 0.717) is 10.7 Å². The van der Waals surface area contributed by atoms with Crippen LogP contribution in [-0.2, 0) is 11.0 Å². The number of nitrogens with zero attached hydrogens (tertiary/aromatic N) is 3. The SMILES string of the molecule is CCN(CC(=O)Nc1ccccc1C(F)(F)F)C(=O)c1cnn(-c2cccc(Cl)c2)c1. The van der Waals surface area contributed by atoms with Gasteiger partial charge in [-0.1, -0.05) is 29.8 Å². The molecular formula is C21H18ClF3N4O2. The summed E-state index contributed by atoms with van der Waals surface area (Å²) in [6.07, 6.45) is -1.77. The molecule has 162 valence electrons. The van der Waals surface area contributed by atoms with Gasteiger partial charge in [-0.3, -0.25) is 9.59 Å². The van der Waals surface area contributed by atoms with Crippen molar-refractivity contribution in [3.05, 3.63) is 77.1 Å². The number of carbonyl (C=O) groups is 2. The number of hydrogen-bond acceptors (Lipinski definition) is 3. The van der Waals surface area contributed by atoms with Crippen LogP contribution in [0.1, 0.15) is 22.8 Å². The van der Waals surface area contributed by atoms with Crippen LogP contribution >= 0.6 is 11.6 Å². The minimum absolute atomic E-state index is 0.176. The van der Waals surface area contributed by atoms with E-state index in [0.717, 1.165) is 12.1 Å². The van der Waals surface area contributed by atoms with Gasteiger partial charge >= 0.3 is 6.18 Å². The molecule has 1 heterocycles. The predicted molar refractivity (Wildman–Crippen MR) is 110 cm³/mol. The molecule has 0 atom stereocenters. The van der Waals surface area contributed by atoms with Crippen molar-refractivity contribution in [3.63, 3.8) is 0 Å². The fraction of sp³-hybridized carbons (Fsp3) is 0.190. The van der Waals surface area contributed by atoms with Crippen LogP contribution in [0.4, 0.5) is 18.9 Å². The third-order valence-electron chi connectivity index (χ3n) is 4.41. The molecule has 0 saturated carbocycles. The minimum atomic E-state index is -4.61. The number of amides is 2. The molecule has 0 unspecified atom stereocenters. The molecule has 0 aliphatic heterocycles. The summed E-state index contributed by atoms with van der Waals surface area (Å²) in [6, 6.07) is 11.5. The van der Waals surface area contributed by atoms with E-state index in [1.54, 1.807) is 31.2 Å². The first-order valence-electron chi connectivity index (χ1n) is 9.25. The van der Waals surface area contributed by atoms with Crippen LogP contribution in [0, 0.1) is 0 Å². The van der Waals surface area contributed by atoms with Crippen LogP contribution < -0.4 is 5.32 Å². The number of anilines is 1. The first-order chi connectivity index (χ1) is 14.7. The van der Waals surface area contributed by atoms with Crippen LogP contribution in [-0.4, -0.2) is 39.6 Å². The first kappa shape index (κ1) is 22.4. The summed E-state index contributed by atoms with van der Waals surface area (Å²) in [5.41, 5.74) is -0.445. The standard InChI is InChI=1S/C21H18ClF3N4O2/c1-2-28(13-19(30)27-18-9-4-3-8-17(18)21(23,24)25)20(31)14-11-26-29(12-14)16-7-5-6-15(22)10-16/h3-12H,2,13H2,1H3,(H,27,30). The van der Waals surface area contributed by atoms with E-state index < -0.39 is 30.1 Å². The summed E-state index contributed by atoms with van der Waals surface area (Å²) in [5.74, 6) is -1.22. The van der Waals surface area contributed by atoms with Gasteiger partial charge in [0.25, 0.3) is 5.91 Å². The van der Waals surface area contributed by atoms with E-state index in [9.17, 15) is 22.8 Å². The van der Waals surface area contributed by atoms with Crippen LogP contribution in [0.5, 0.6) is 0 Å². The van der Waals surface area contributed by atoms with Gasteiger partial charge in [0.2, 0.25) is 5.91 Å². The van der Waals surface area contributed by atoms with Crippen molar-refractivity contribution in [2.75, 3.05) is 18.4 Å². The molecule has 10 heteroatoms. The third-order valence-corrected chi connectivity index (χ3v) is 4.65. The van der Waals surface area contributed by atoms with Gasteiger partial charge in [-0.2, -0.15) is 18.3 Å².